The van der Waals surface area contributed by atoms with Crippen LogP contribution in [0.1, 0.15) is 78.1 Å². The first-order valence-corrected chi connectivity index (χ1v) is 7.88. The summed E-state index contributed by atoms with van der Waals surface area (Å²) in [5.74, 6) is 1.10. The van der Waals surface area contributed by atoms with E-state index >= 15 is 0 Å². The Morgan fingerprint density at radius 2 is 1.44 bits per heavy atom. The molecule has 0 unspecified atom stereocenters. The maximum atomic E-state index is 2.34. The average Bonchev–Trinajstić information content (AvgIpc) is 2.82. The lowest BCUT2D eigenvalue weighted by Crippen LogP contribution is -2.18. The molecule has 0 aromatic carbocycles. The third kappa shape index (κ3) is 5.41. The lowest BCUT2D eigenvalue weighted by molar-refractivity contribution is 0.689. The zero-order valence-electron chi connectivity index (χ0n) is 11.6. The molecule has 0 nitrogen and oxygen atoms in total. The number of hydrogen-bond acceptors (Lipinski definition) is 0. The summed E-state index contributed by atoms with van der Waals surface area (Å²) in [6, 6.07) is 0. The zero-order valence-corrected chi connectivity index (χ0v) is 11.6. The van der Waals surface area contributed by atoms with E-state index in [0.717, 1.165) is 12.5 Å². The predicted molar refractivity (Wildman–Crippen MR) is 76.6 cm³/mol. The van der Waals surface area contributed by atoms with Gasteiger partial charge in [0.05, 0.1) is 0 Å². The van der Waals surface area contributed by atoms with Gasteiger partial charge in [-0.05, 0) is 0 Å². The van der Waals surface area contributed by atoms with E-state index in [1.807, 2.05) is 0 Å². The third-order valence-electron chi connectivity index (χ3n) is 4.42. The highest BCUT2D eigenvalue weighted by Crippen LogP contribution is 2.36. The van der Waals surface area contributed by atoms with Crippen molar-refractivity contribution >= 4 is 6.71 Å². The van der Waals surface area contributed by atoms with Crippen LogP contribution in [0, 0.1) is 0 Å². The van der Waals surface area contributed by atoms with Crippen LogP contribution in [-0.2, 0) is 0 Å². The molecule has 1 rings (SSSR count). The molecule has 0 spiro atoms. The van der Waals surface area contributed by atoms with Crippen molar-refractivity contribution in [3.8, 4) is 0 Å². The molecule has 1 aliphatic rings. The normalized spacial score (nSPS) is 16.9. The fourth-order valence-electron chi connectivity index (χ4n) is 3.34. The SMILES string of the molecule is CCCCCCB(CCCC)C1CCCC1. The van der Waals surface area contributed by atoms with Gasteiger partial charge in [0.15, 0.2) is 0 Å². The van der Waals surface area contributed by atoms with Gasteiger partial charge in [0.1, 0.15) is 6.71 Å². The first kappa shape index (κ1) is 14.1. The second kappa shape index (κ2) is 9.13. The smallest absolute Gasteiger partial charge is 0.0739 e. The standard InChI is InChI=1S/C15H31B/c1-3-5-7-10-14-16(13-6-4-2)15-11-8-9-12-15/h15H,3-14H2,1-2H3. The molecule has 0 heterocycles. The van der Waals surface area contributed by atoms with Crippen molar-refractivity contribution in [1.82, 2.24) is 0 Å². The number of hydrogen-bond donors (Lipinski definition) is 0. The van der Waals surface area contributed by atoms with Crippen LogP contribution < -0.4 is 0 Å². The lowest BCUT2D eigenvalue weighted by atomic mass is 9.36. The Morgan fingerprint density at radius 1 is 0.812 bits per heavy atom. The zero-order chi connectivity index (χ0) is 11.6. The van der Waals surface area contributed by atoms with E-state index in [1.54, 1.807) is 12.8 Å². The monoisotopic (exact) mass is 222 g/mol. The van der Waals surface area contributed by atoms with Crippen molar-refractivity contribution in [3.05, 3.63) is 0 Å². The Labute approximate surface area is 104 Å². The molecular weight excluding hydrogens is 191 g/mol. The summed E-state index contributed by atoms with van der Waals surface area (Å²) in [4.78, 5) is 0. The summed E-state index contributed by atoms with van der Waals surface area (Å²) in [6.07, 6.45) is 17.8. The van der Waals surface area contributed by atoms with Crippen molar-refractivity contribution < 1.29 is 0 Å². The molecule has 0 saturated heterocycles. The second-order valence-corrected chi connectivity index (χ2v) is 5.80. The maximum Gasteiger partial charge on any atom is 0.143 e. The Balaban J connectivity index is 2.19. The van der Waals surface area contributed by atoms with Gasteiger partial charge in [-0.25, -0.2) is 0 Å². The highest BCUT2D eigenvalue weighted by atomic mass is 14.1. The van der Waals surface area contributed by atoms with Gasteiger partial charge in [0.25, 0.3) is 0 Å². The molecule has 0 radical (unpaired) electrons. The Bertz CT molecular complexity index is 150. The van der Waals surface area contributed by atoms with Gasteiger partial charge >= 0.3 is 0 Å². The number of rotatable bonds is 9. The van der Waals surface area contributed by atoms with E-state index in [1.165, 1.54) is 64.0 Å². The van der Waals surface area contributed by atoms with E-state index in [2.05, 4.69) is 13.8 Å². The minimum Gasteiger partial charge on any atom is -0.0739 e. The largest absolute Gasteiger partial charge is 0.143 e. The van der Waals surface area contributed by atoms with Crippen LogP contribution in [0.2, 0.25) is 18.5 Å². The molecule has 0 aliphatic heterocycles. The Kier molecular flexibility index (Phi) is 8.06. The van der Waals surface area contributed by atoms with E-state index in [-0.39, 0.29) is 0 Å². The van der Waals surface area contributed by atoms with Gasteiger partial charge in [-0.15, -0.1) is 0 Å². The molecule has 0 N–H and O–H groups in total. The van der Waals surface area contributed by atoms with Crippen LogP contribution in [0.3, 0.4) is 0 Å². The molecule has 0 bridgehead atoms. The Hall–Kier alpha value is 0.0649. The van der Waals surface area contributed by atoms with Crippen LogP contribution >= 0.6 is 0 Å². The van der Waals surface area contributed by atoms with Crippen molar-refractivity contribution in [2.24, 2.45) is 0 Å². The quantitative estimate of drug-likeness (QED) is 0.341. The molecule has 0 atom stereocenters. The van der Waals surface area contributed by atoms with Crippen LogP contribution in [0.15, 0.2) is 0 Å². The minimum absolute atomic E-state index is 1.08. The van der Waals surface area contributed by atoms with Gasteiger partial charge in [-0.2, -0.15) is 0 Å². The van der Waals surface area contributed by atoms with Crippen molar-refractivity contribution in [1.29, 1.82) is 0 Å². The molecule has 1 saturated carbocycles. The van der Waals surface area contributed by atoms with Gasteiger partial charge in [0, 0.05) is 0 Å². The molecular formula is C15H31B. The predicted octanol–water partition coefficient (Wildman–Crippen LogP) is 5.81. The molecule has 94 valence electrons. The van der Waals surface area contributed by atoms with Crippen molar-refractivity contribution in [3.63, 3.8) is 0 Å². The van der Waals surface area contributed by atoms with E-state index < -0.39 is 0 Å². The van der Waals surface area contributed by atoms with Gasteiger partial charge in [-0.1, -0.05) is 96.5 Å². The minimum atomic E-state index is 1.08. The third-order valence-corrected chi connectivity index (χ3v) is 4.42. The van der Waals surface area contributed by atoms with E-state index in [4.69, 9.17) is 0 Å². The van der Waals surface area contributed by atoms with Crippen molar-refractivity contribution in [2.45, 2.75) is 96.5 Å². The van der Waals surface area contributed by atoms with E-state index in [9.17, 15) is 0 Å². The van der Waals surface area contributed by atoms with Gasteiger partial charge < -0.3 is 0 Å². The summed E-state index contributed by atoms with van der Waals surface area (Å²) >= 11 is 0. The summed E-state index contributed by atoms with van der Waals surface area (Å²) in [7, 11) is 0. The number of unbranched alkanes of at least 4 members (excludes halogenated alkanes) is 4. The summed E-state index contributed by atoms with van der Waals surface area (Å²) < 4.78 is 0. The van der Waals surface area contributed by atoms with Crippen molar-refractivity contribution in [2.75, 3.05) is 0 Å². The fourth-order valence-corrected chi connectivity index (χ4v) is 3.34. The summed E-state index contributed by atoms with van der Waals surface area (Å²) in [5, 5.41) is 0. The first-order valence-electron chi connectivity index (χ1n) is 7.88. The van der Waals surface area contributed by atoms with E-state index in [0.29, 0.717) is 0 Å². The van der Waals surface area contributed by atoms with Gasteiger partial charge in [0.2, 0.25) is 0 Å². The maximum absolute atomic E-state index is 2.34. The first-order chi connectivity index (χ1) is 7.88. The molecule has 0 amide bonds. The average molecular weight is 222 g/mol. The lowest BCUT2D eigenvalue weighted by Gasteiger charge is -2.20. The Morgan fingerprint density at radius 3 is 2.06 bits per heavy atom. The van der Waals surface area contributed by atoms with Crippen LogP contribution in [0.4, 0.5) is 0 Å². The molecule has 16 heavy (non-hydrogen) atoms. The van der Waals surface area contributed by atoms with Gasteiger partial charge in [-0.3, -0.25) is 0 Å². The van der Waals surface area contributed by atoms with Crippen LogP contribution in [-0.4, -0.2) is 6.71 Å². The summed E-state index contributed by atoms with van der Waals surface area (Å²) in [5.41, 5.74) is 0. The highest BCUT2D eigenvalue weighted by Gasteiger charge is 2.26. The molecule has 1 heteroatoms. The second-order valence-electron chi connectivity index (χ2n) is 5.80. The van der Waals surface area contributed by atoms with Crippen LogP contribution in [0.25, 0.3) is 0 Å². The highest BCUT2D eigenvalue weighted by molar-refractivity contribution is 6.60. The molecule has 1 aliphatic carbocycles. The summed E-state index contributed by atoms with van der Waals surface area (Å²) in [6.45, 7) is 5.73. The molecule has 0 aromatic heterocycles. The molecule has 1 fully saturated rings. The van der Waals surface area contributed by atoms with Crippen LogP contribution in [0.5, 0.6) is 0 Å². The fraction of sp³-hybridized carbons (Fsp3) is 1.00. The molecule has 0 aromatic rings. The topological polar surface area (TPSA) is 0 Å².